The molecule has 40 heavy (non-hydrogen) atoms. The van der Waals surface area contributed by atoms with E-state index in [0.29, 0.717) is 17.9 Å². The third kappa shape index (κ3) is 4.55. The number of carbonyl (C=O) groups excluding carboxylic acids is 2. The van der Waals surface area contributed by atoms with Gasteiger partial charge in [0.15, 0.2) is 23.2 Å². The first-order valence-corrected chi connectivity index (χ1v) is 14.6. The molecule has 4 atom stereocenters. The number of ether oxygens (including phenoxy) is 6. The van der Waals surface area contributed by atoms with Crippen LogP contribution in [0.5, 0.6) is 11.5 Å². The second-order valence-corrected chi connectivity index (χ2v) is 12.7. The molecule has 1 aliphatic carbocycles. The van der Waals surface area contributed by atoms with Crippen LogP contribution in [0, 0.1) is 0 Å². The van der Waals surface area contributed by atoms with Gasteiger partial charge in [0, 0.05) is 6.54 Å². The zero-order chi connectivity index (χ0) is 28.3. The summed E-state index contributed by atoms with van der Waals surface area (Å²) in [6, 6.07) is 4.14. The molecule has 0 N–H and O–H groups in total. The van der Waals surface area contributed by atoms with Crippen LogP contribution in [0.15, 0.2) is 24.0 Å². The summed E-state index contributed by atoms with van der Waals surface area (Å²) in [5.74, 6) is 0.887. The lowest BCUT2D eigenvalue weighted by molar-refractivity contribution is -0.217. The molecule has 0 aromatic heterocycles. The average molecular weight is 556 g/mol. The van der Waals surface area contributed by atoms with Gasteiger partial charge >= 0.3 is 11.9 Å². The highest BCUT2D eigenvalue weighted by Crippen LogP contribution is 2.56. The Morgan fingerprint density at radius 2 is 1.85 bits per heavy atom. The minimum Gasteiger partial charge on any atom is -0.497 e. The second-order valence-electron chi connectivity index (χ2n) is 12.7. The molecule has 1 unspecified atom stereocenters. The Labute approximate surface area is 236 Å². The van der Waals surface area contributed by atoms with Crippen LogP contribution in [-0.2, 0) is 35.0 Å². The highest BCUT2D eigenvalue weighted by molar-refractivity contribution is 5.86. The predicted molar refractivity (Wildman–Crippen MR) is 145 cm³/mol. The molecule has 4 heterocycles. The Balaban J connectivity index is 1.39. The Morgan fingerprint density at radius 1 is 1.07 bits per heavy atom. The first-order chi connectivity index (χ1) is 19.1. The third-order valence-corrected chi connectivity index (χ3v) is 9.20. The van der Waals surface area contributed by atoms with E-state index in [4.69, 9.17) is 28.4 Å². The van der Waals surface area contributed by atoms with Crippen LogP contribution in [0.4, 0.5) is 0 Å². The minimum absolute atomic E-state index is 0.191. The number of hydrogen-bond acceptors (Lipinski definition) is 9. The van der Waals surface area contributed by atoms with Crippen LogP contribution in [0.1, 0.15) is 83.3 Å². The number of esters is 2. The fourth-order valence-electron chi connectivity index (χ4n) is 7.63. The van der Waals surface area contributed by atoms with Crippen molar-refractivity contribution in [3.63, 3.8) is 0 Å². The number of nitrogens with zero attached hydrogens (tertiary/aromatic N) is 1. The number of benzene rings is 1. The van der Waals surface area contributed by atoms with Crippen LogP contribution in [0.3, 0.4) is 0 Å². The molecule has 5 aliphatic rings. The lowest BCUT2D eigenvalue weighted by atomic mass is 9.77. The normalized spacial score (nSPS) is 32.0. The largest absolute Gasteiger partial charge is 0.497 e. The second kappa shape index (κ2) is 9.94. The zero-order valence-corrected chi connectivity index (χ0v) is 24.2. The molecule has 0 bridgehead atoms. The fraction of sp³-hybridized carbons (Fsp3) is 0.677. The van der Waals surface area contributed by atoms with Gasteiger partial charge in [-0.15, -0.1) is 0 Å². The standard InChI is InChI=1S/C31H41NO8/c1-19(2)38-25(33)17-31(11-6-9-29(3,4)40-31)28(34)39-27-24(35-5)16-30-10-7-12-32(30)13-8-20-14-22-23(37-18-36-22)15-21(20)26(27)30/h14-16,19,26-27H,6-13,17-18H2,1-5H3/t26-,27?,30+,31+/m1/s1. The molecular weight excluding hydrogens is 514 g/mol. The Bertz CT molecular complexity index is 1220. The molecule has 4 aliphatic heterocycles. The van der Waals surface area contributed by atoms with Crippen molar-refractivity contribution >= 4 is 11.9 Å². The summed E-state index contributed by atoms with van der Waals surface area (Å²) in [6.07, 6.45) is 5.77. The van der Waals surface area contributed by atoms with Crippen LogP contribution < -0.4 is 9.47 Å². The van der Waals surface area contributed by atoms with Gasteiger partial charge < -0.3 is 28.4 Å². The molecule has 218 valence electrons. The van der Waals surface area contributed by atoms with E-state index in [9.17, 15) is 9.59 Å². The van der Waals surface area contributed by atoms with Gasteiger partial charge in [0.1, 0.15) is 5.76 Å². The van der Waals surface area contributed by atoms with Crippen molar-refractivity contribution in [1.82, 2.24) is 4.90 Å². The Kier molecular flexibility index (Phi) is 6.81. The minimum atomic E-state index is -1.43. The molecule has 1 aromatic rings. The van der Waals surface area contributed by atoms with Crippen molar-refractivity contribution in [2.45, 2.75) is 108 Å². The smallest absolute Gasteiger partial charge is 0.339 e. The monoisotopic (exact) mass is 555 g/mol. The summed E-state index contributed by atoms with van der Waals surface area (Å²) in [4.78, 5) is 29.7. The number of hydrogen-bond donors (Lipinski definition) is 0. The number of rotatable bonds is 6. The summed E-state index contributed by atoms with van der Waals surface area (Å²) in [7, 11) is 1.63. The zero-order valence-electron chi connectivity index (χ0n) is 24.2. The molecular formula is C31H41NO8. The lowest BCUT2D eigenvalue weighted by Crippen LogP contribution is -2.54. The quantitative estimate of drug-likeness (QED) is 0.474. The summed E-state index contributed by atoms with van der Waals surface area (Å²) in [5.41, 5.74) is -0.0967. The van der Waals surface area contributed by atoms with E-state index in [2.05, 4.69) is 23.1 Å². The van der Waals surface area contributed by atoms with E-state index >= 15 is 0 Å². The third-order valence-electron chi connectivity index (χ3n) is 9.20. The average Bonchev–Trinajstić information content (AvgIpc) is 3.56. The van der Waals surface area contributed by atoms with E-state index < -0.39 is 29.2 Å². The van der Waals surface area contributed by atoms with Crippen LogP contribution in [0.2, 0.25) is 0 Å². The van der Waals surface area contributed by atoms with E-state index in [-0.39, 0.29) is 30.8 Å². The van der Waals surface area contributed by atoms with Crippen molar-refractivity contribution in [2.24, 2.45) is 0 Å². The van der Waals surface area contributed by atoms with Crippen molar-refractivity contribution < 1.29 is 38.0 Å². The number of methoxy groups -OCH3 is 1. The molecule has 2 saturated heterocycles. The van der Waals surface area contributed by atoms with Gasteiger partial charge in [-0.1, -0.05) is 0 Å². The van der Waals surface area contributed by atoms with Gasteiger partial charge in [-0.3, -0.25) is 9.69 Å². The number of fused-ring (bicyclic) bond motifs is 3. The molecule has 2 fully saturated rings. The first-order valence-electron chi connectivity index (χ1n) is 14.6. The van der Waals surface area contributed by atoms with Crippen molar-refractivity contribution in [3.05, 3.63) is 35.1 Å². The molecule has 0 amide bonds. The summed E-state index contributed by atoms with van der Waals surface area (Å²) < 4.78 is 35.8. The number of carbonyl (C=O) groups is 2. The van der Waals surface area contributed by atoms with Gasteiger partial charge in [-0.05, 0) is 102 Å². The molecule has 1 aromatic carbocycles. The molecule has 9 heteroatoms. The molecule has 9 nitrogen and oxygen atoms in total. The highest BCUT2D eigenvalue weighted by atomic mass is 16.7. The van der Waals surface area contributed by atoms with Crippen molar-refractivity contribution in [3.8, 4) is 11.5 Å². The maximum atomic E-state index is 14.3. The fourth-order valence-corrected chi connectivity index (χ4v) is 7.63. The van der Waals surface area contributed by atoms with E-state index in [1.165, 1.54) is 5.56 Å². The predicted octanol–water partition coefficient (Wildman–Crippen LogP) is 4.40. The molecule has 0 saturated carbocycles. The maximum absolute atomic E-state index is 14.3. The van der Waals surface area contributed by atoms with Crippen molar-refractivity contribution in [1.29, 1.82) is 0 Å². The summed E-state index contributed by atoms with van der Waals surface area (Å²) in [5, 5.41) is 0. The lowest BCUT2D eigenvalue weighted by Gasteiger charge is -2.44. The van der Waals surface area contributed by atoms with Gasteiger partial charge in [-0.2, -0.15) is 0 Å². The van der Waals surface area contributed by atoms with Gasteiger partial charge in [-0.25, -0.2) is 4.79 Å². The maximum Gasteiger partial charge on any atom is 0.339 e. The Hall–Kier alpha value is -2.78. The SMILES string of the molecule is COC1=C[C@]23CCCN2CCc2cc4c(cc2[C@@H]3C1OC(=O)[C@@]1(CC(=O)OC(C)C)CCCC(C)(C)O1)OCO4. The first kappa shape index (κ1) is 27.4. The van der Waals surface area contributed by atoms with E-state index in [0.717, 1.165) is 56.5 Å². The van der Waals surface area contributed by atoms with Gasteiger partial charge in [0.25, 0.3) is 0 Å². The van der Waals surface area contributed by atoms with Gasteiger partial charge in [0.2, 0.25) is 6.79 Å². The van der Waals surface area contributed by atoms with Crippen LogP contribution in [-0.4, -0.2) is 72.8 Å². The van der Waals surface area contributed by atoms with E-state index in [1.807, 2.05) is 13.8 Å². The topological polar surface area (TPSA) is 92.8 Å². The van der Waals surface area contributed by atoms with E-state index in [1.54, 1.807) is 21.0 Å². The summed E-state index contributed by atoms with van der Waals surface area (Å²) in [6.45, 7) is 9.55. The summed E-state index contributed by atoms with van der Waals surface area (Å²) >= 11 is 0. The highest BCUT2D eigenvalue weighted by Gasteiger charge is 2.60. The van der Waals surface area contributed by atoms with Gasteiger partial charge in [0.05, 0.1) is 36.7 Å². The molecule has 0 radical (unpaired) electrons. The molecule has 1 spiro atoms. The Morgan fingerprint density at radius 3 is 2.58 bits per heavy atom. The van der Waals surface area contributed by atoms with Crippen LogP contribution in [0.25, 0.3) is 0 Å². The van der Waals surface area contributed by atoms with Crippen molar-refractivity contribution in [2.75, 3.05) is 27.0 Å². The molecule has 6 rings (SSSR count). The van der Waals surface area contributed by atoms with Crippen LogP contribution >= 0.6 is 0 Å².